The second kappa shape index (κ2) is 12.2. The minimum absolute atomic E-state index is 0.645. The van der Waals surface area contributed by atoms with Gasteiger partial charge in [-0.3, -0.25) is 0 Å². The van der Waals surface area contributed by atoms with Crippen molar-refractivity contribution in [3.63, 3.8) is 0 Å². The maximum atomic E-state index is 5.35. The van der Waals surface area contributed by atoms with Gasteiger partial charge in [0, 0.05) is 53.0 Å². The Kier molecular flexibility index (Phi) is 6.76. The van der Waals surface area contributed by atoms with Gasteiger partial charge in [0.15, 0.2) is 17.5 Å². The van der Waals surface area contributed by atoms with Crippen molar-refractivity contribution in [3.05, 3.63) is 182 Å². The van der Waals surface area contributed by atoms with Gasteiger partial charge in [-0.25, -0.2) is 15.0 Å². The van der Waals surface area contributed by atoms with Crippen LogP contribution in [0.5, 0.6) is 0 Å². The van der Waals surface area contributed by atoms with Crippen molar-refractivity contribution >= 4 is 85.6 Å². The number of aromatic nitrogens is 4. The second-order valence-electron chi connectivity index (χ2n) is 14.4. The topological polar surface area (TPSA) is 43.6 Å². The number of thiophene rings is 1. The molecule has 0 aliphatic rings. The van der Waals surface area contributed by atoms with E-state index >= 15 is 0 Å². The molecule has 0 N–H and O–H groups in total. The van der Waals surface area contributed by atoms with Crippen LogP contribution in [0.15, 0.2) is 182 Å². The van der Waals surface area contributed by atoms with Crippen LogP contribution in [-0.2, 0) is 0 Å². The molecular formula is C51H30N4S. The van der Waals surface area contributed by atoms with Crippen LogP contribution in [0.2, 0.25) is 0 Å². The quantitative estimate of drug-likeness (QED) is 0.181. The van der Waals surface area contributed by atoms with Crippen LogP contribution in [0.4, 0.5) is 0 Å². The SMILES string of the molecule is c1ccc2cc3c(cc2c1)c1ccccc1n3-c1ccc(-c2nc(-c3cccc4ccccc34)nc(-c3cccc4c3sc3ccccc34)n2)c2ccccc12. The van der Waals surface area contributed by atoms with Gasteiger partial charge in [0.25, 0.3) is 0 Å². The van der Waals surface area contributed by atoms with E-state index in [0.717, 1.165) is 43.9 Å². The minimum Gasteiger partial charge on any atom is -0.309 e. The van der Waals surface area contributed by atoms with Crippen molar-refractivity contribution in [2.45, 2.75) is 0 Å². The molecule has 0 saturated carbocycles. The smallest absolute Gasteiger partial charge is 0.165 e. The lowest BCUT2D eigenvalue weighted by molar-refractivity contribution is 1.08. The Hall–Kier alpha value is -7.21. The highest BCUT2D eigenvalue weighted by Crippen LogP contribution is 2.42. The molecule has 3 aromatic heterocycles. The van der Waals surface area contributed by atoms with Crippen molar-refractivity contribution in [3.8, 4) is 39.9 Å². The van der Waals surface area contributed by atoms with Gasteiger partial charge < -0.3 is 4.57 Å². The van der Waals surface area contributed by atoms with Crippen molar-refractivity contribution < 1.29 is 0 Å². The minimum atomic E-state index is 0.645. The first-order valence-corrected chi connectivity index (χ1v) is 19.7. The summed E-state index contributed by atoms with van der Waals surface area (Å²) in [4.78, 5) is 16.0. The Morgan fingerprint density at radius 2 is 0.893 bits per heavy atom. The lowest BCUT2D eigenvalue weighted by Crippen LogP contribution is -2.02. The summed E-state index contributed by atoms with van der Waals surface area (Å²) in [6.45, 7) is 0. The third-order valence-electron chi connectivity index (χ3n) is 11.2. The van der Waals surface area contributed by atoms with Gasteiger partial charge >= 0.3 is 0 Å². The Bertz CT molecular complexity index is 3550. The zero-order chi connectivity index (χ0) is 36.7. The van der Waals surface area contributed by atoms with Crippen LogP contribution >= 0.6 is 11.3 Å². The summed E-state index contributed by atoms with van der Waals surface area (Å²) in [5.41, 5.74) is 6.42. The van der Waals surface area contributed by atoms with Crippen LogP contribution in [0.1, 0.15) is 0 Å². The predicted molar refractivity (Wildman–Crippen MR) is 236 cm³/mol. The molecule has 0 atom stereocenters. The molecule has 12 rings (SSSR count). The van der Waals surface area contributed by atoms with Crippen molar-refractivity contribution in [1.82, 2.24) is 19.5 Å². The van der Waals surface area contributed by atoms with Gasteiger partial charge in [-0.1, -0.05) is 140 Å². The molecule has 12 aromatic rings. The first kappa shape index (κ1) is 31.2. The molecule has 56 heavy (non-hydrogen) atoms. The summed E-state index contributed by atoms with van der Waals surface area (Å²) in [7, 11) is 0. The molecule has 0 bridgehead atoms. The summed E-state index contributed by atoms with van der Waals surface area (Å²) >= 11 is 1.79. The zero-order valence-electron chi connectivity index (χ0n) is 30.0. The lowest BCUT2D eigenvalue weighted by Gasteiger charge is -2.15. The fourth-order valence-corrected chi connectivity index (χ4v) is 9.88. The first-order chi connectivity index (χ1) is 27.8. The maximum absolute atomic E-state index is 5.35. The molecular weight excluding hydrogens is 701 g/mol. The van der Waals surface area contributed by atoms with Crippen molar-refractivity contribution in [1.29, 1.82) is 0 Å². The Morgan fingerprint density at radius 3 is 1.71 bits per heavy atom. The summed E-state index contributed by atoms with van der Waals surface area (Å²) in [5, 5.41) is 11.9. The molecule has 0 aliphatic carbocycles. The predicted octanol–water partition coefficient (Wildman–Crippen LogP) is 13.8. The monoisotopic (exact) mass is 730 g/mol. The van der Waals surface area contributed by atoms with E-state index in [1.807, 2.05) is 0 Å². The number of para-hydroxylation sites is 1. The third kappa shape index (κ3) is 4.68. The molecule has 0 unspecified atom stereocenters. The molecule has 260 valence electrons. The Labute approximate surface area is 325 Å². The van der Waals surface area contributed by atoms with Gasteiger partial charge in [-0.2, -0.15) is 0 Å². The largest absolute Gasteiger partial charge is 0.309 e. The molecule has 0 spiro atoms. The van der Waals surface area contributed by atoms with E-state index in [1.165, 1.54) is 52.8 Å². The van der Waals surface area contributed by atoms with Gasteiger partial charge in [0.05, 0.1) is 16.7 Å². The summed E-state index contributed by atoms with van der Waals surface area (Å²) in [6.07, 6.45) is 0. The molecule has 0 radical (unpaired) electrons. The number of hydrogen-bond donors (Lipinski definition) is 0. The Balaban J connectivity index is 1.13. The van der Waals surface area contributed by atoms with Crippen molar-refractivity contribution in [2.75, 3.05) is 0 Å². The summed E-state index contributed by atoms with van der Waals surface area (Å²) in [5.74, 6) is 1.96. The van der Waals surface area contributed by atoms with E-state index in [0.29, 0.717) is 17.5 Å². The van der Waals surface area contributed by atoms with Crippen LogP contribution in [0.3, 0.4) is 0 Å². The standard InChI is InChI=1S/C51H30N4S/c1-2-15-33-30-46-43(29-32(33)14-1)37-20-7-9-25-44(37)55(46)45-28-27-41(35-18-5-6-19-36(35)45)50-52-49(40-23-11-16-31-13-3-4-17-34(31)40)53-51(54-50)42-24-12-22-39-38-21-8-10-26-47(38)56-48(39)42/h1-30H. The van der Waals surface area contributed by atoms with Crippen LogP contribution in [0.25, 0.3) is 114 Å². The van der Waals surface area contributed by atoms with E-state index < -0.39 is 0 Å². The van der Waals surface area contributed by atoms with Gasteiger partial charge in [-0.05, 0) is 69.4 Å². The molecule has 0 fully saturated rings. The average molecular weight is 731 g/mol. The average Bonchev–Trinajstić information content (AvgIpc) is 3.80. The maximum Gasteiger partial charge on any atom is 0.165 e. The van der Waals surface area contributed by atoms with Crippen LogP contribution in [0, 0.1) is 0 Å². The highest BCUT2D eigenvalue weighted by molar-refractivity contribution is 7.26. The molecule has 0 saturated heterocycles. The molecule has 0 amide bonds. The zero-order valence-corrected chi connectivity index (χ0v) is 30.8. The van der Waals surface area contributed by atoms with E-state index in [1.54, 1.807) is 11.3 Å². The normalized spacial score (nSPS) is 11.9. The van der Waals surface area contributed by atoms with E-state index in [-0.39, 0.29) is 0 Å². The molecule has 9 aromatic carbocycles. The highest BCUT2D eigenvalue weighted by atomic mass is 32.1. The Morgan fingerprint density at radius 1 is 0.339 bits per heavy atom. The fraction of sp³-hybridized carbons (Fsp3) is 0. The number of benzene rings is 9. The van der Waals surface area contributed by atoms with E-state index in [9.17, 15) is 0 Å². The van der Waals surface area contributed by atoms with E-state index in [2.05, 4.69) is 187 Å². The third-order valence-corrected chi connectivity index (χ3v) is 12.5. The van der Waals surface area contributed by atoms with Gasteiger partial charge in [0.2, 0.25) is 0 Å². The number of nitrogens with zero attached hydrogens (tertiary/aromatic N) is 4. The van der Waals surface area contributed by atoms with Gasteiger partial charge in [-0.15, -0.1) is 11.3 Å². The number of rotatable bonds is 4. The lowest BCUT2D eigenvalue weighted by atomic mass is 10.0. The summed E-state index contributed by atoms with van der Waals surface area (Å²) < 4.78 is 4.85. The molecule has 0 aliphatic heterocycles. The van der Waals surface area contributed by atoms with Gasteiger partial charge in [0.1, 0.15) is 0 Å². The van der Waals surface area contributed by atoms with Crippen LogP contribution in [-0.4, -0.2) is 19.5 Å². The second-order valence-corrected chi connectivity index (χ2v) is 15.4. The molecule has 5 heteroatoms. The first-order valence-electron chi connectivity index (χ1n) is 18.9. The highest BCUT2D eigenvalue weighted by Gasteiger charge is 2.21. The number of fused-ring (bicyclic) bond motifs is 9. The number of hydrogen-bond acceptors (Lipinski definition) is 4. The van der Waals surface area contributed by atoms with E-state index in [4.69, 9.17) is 15.0 Å². The molecule has 3 heterocycles. The summed E-state index contributed by atoms with van der Waals surface area (Å²) in [6, 6.07) is 65.0. The molecule has 4 nitrogen and oxygen atoms in total. The fourth-order valence-electron chi connectivity index (χ4n) is 8.67. The van der Waals surface area contributed by atoms with Crippen molar-refractivity contribution in [2.24, 2.45) is 0 Å². The van der Waals surface area contributed by atoms with Crippen LogP contribution < -0.4 is 0 Å².